The molecule has 0 atom stereocenters. The van der Waals surface area contributed by atoms with Crippen LogP contribution in [0.15, 0.2) is 24.1 Å². The summed E-state index contributed by atoms with van der Waals surface area (Å²) in [6.45, 7) is 5.20. The molecule has 0 saturated carbocycles. The highest BCUT2D eigenvalue weighted by atomic mass is 32.2. The number of rotatable bonds is 2. The average Bonchev–Trinajstić information content (AvgIpc) is 1.68. The lowest BCUT2D eigenvalue weighted by atomic mass is 10.6. The van der Waals surface area contributed by atoms with Crippen molar-refractivity contribution in [3.63, 3.8) is 0 Å². The molecular weight excluding hydrogens is 120 g/mol. The molecule has 0 unspecified atom stereocenters. The van der Waals surface area contributed by atoms with Gasteiger partial charge in [-0.1, -0.05) is 24.4 Å². The zero-order valence-electron chi connectivity index (χ0n) is 4.76. The van der Waals surface area contributed by atoms with E-state index in [0.717, 1.165) is 11.8 Å². The van der Waals surface area contributed by atoms with E-state index >= 15 is 0 Å². The molecule has 0 aromatic carbocycles. The van der Waals surface area contributed by atoms with Crippen molar-refractivity contribution in [2.45, 2.75) is 6.92 Å². The van der Waals surface area contributed by atoms with Crippen molar-refractivity contribution in [2.24, 2.45) is 0 Å². The second kappa shape index (κ2) is 4.65. The van der Waals surface area contributed by atoms with Crippen molar-refractivity contribution < 1.29 is 4.79 Å². The minimum Gasteiger partial charge on any atom is -0.282 e. The van der Waals surface area contributed by atoms with E-state index in [1.165, 1.54) is 11.5 Å². The fraction of sp³-hybridized carbons (Fsp3) is 0.167. The quantitative estimate of drug-likeness (QED) is 0.529. The van der Waals surface area contributed by atoms with E-state index in [1.807, 2.05) is 6.92 Å². The first-order valence-corrected chi connectivity index (χ1v) is 3.13. The first-order valence-electron chi connectivity index (χ1n) is 2.25. The lowest BCUT2D eigenvalue weighted by Crippen LogP contribution is -1.77. The highest BCUT2D eigenvalue weighted by Gasteiger charge is 1.87. The number of thioether (sulfide) groups is 1. The van der Waals surface area contributed by atoms with E-state index in [0.29, 0.717) is 0 Å². The number of carbonyl (C=O) groups is 1. The molecule has 0 N–H and O–H groups in total. The Morgan fingerprint density at radius 1 is 1.75 bits per heavy atom. The molecule has 0 saturated heterocycles. The minimum absolute atomic E-state index is 0.0301. The van der Waals surface area contributed by atoms with E-state index in [1.54, 1.807) is 6.08 Å². The first kappa shape index (κ1) is 7.50. The van der Waals surface area contributed by atoms with Gasteiger partial charge in [0, 0.05) is 0 Å². The highest BCUT2D eigenvalue weighted by Crippen LogP contribution is 2.01. The Kier molecular flexibility index (Phi) is 4.36. The zero-order valence-corrected chi connectivity index (χ0v) is 5.57. The normalized spacial score (nSPS) is 9.62. The summed E-state index contributed by atoms with van der Waals surface area (Å²) >= 11 is 1.09. The molecule has 1 nitrogen and oxygen atoms in total. The summed E-state index contributed by atoms with van der Waals surface area (Å²) < 4.78 is 0. The summed E-state index contributed by atoms with van der Waals surface area (Å²) in [5.41, 5.74) is 0. The Morgan fingerprint density at radius 3 is 2.75 bits per heavy atom. The molecule has 0 aliphatic heterocycles. The third kappa shape index (κ3) is 3.68. The topological polar surface area (TPSA) is 17.1 Å². The number of hydrogen-bond acceptors (Lipinski definition) is 2. The molecule has 0 rings (SSSR count). The second-order valence-corrected chi connectivity index (χ2v) is 2.07. The van der Waals surface area contributed by atoms with Crippen molar-refractivity contribution >= 4 is 16.9 Å². The van der Waals surface area contributed by atoms with Crippen LogP contribution in [0.2, 0.25) is 0 Å². The molecule has 0 aliphatic rings. The van der Waals surface area contributed by atoms with Gasteiger partial charge < -0.3 is 0 Å². The maximum Gasteiger partial charge on any atom is 0.215 e. The van der Waals surface area contributed by atoms with Gasteiger partial charge in [0.2, 0.25) is 5.12 Å². The van der Waals surface area contributed by atoms with E-state index in [9.17, 15) is 4.79 Å². The van der Waals surface area contributed by atoms with Gasteiger partial charge in [0.15, 0.2) is 0 Å². The van der Waals surface area contributed by atoms with Gasteiger partial charge in [-0.05, 0) is 18.4 Å². The van der Waals surface area contributed by atoms with Crippen molar-refractivity contribution in [2.75, 3.05) is 0 Å². The molecule has 0 spiro atoms. The Hall–Kier alpha value is -0.500. The molecule has 44 valence electrons. The summed E-state index contributed by atoms with van der Waals surface area (Å²) in [7, 11) is 0. The number of allylic oxidation sites excluding steroid dienone is 1. The monoisotopic (exact) mass is 128 g/mol. The van der Waals surface area contributed by atoms with Gasteiger partial charge in [-0.2, -0.15) is 0 Å². The molecule has 0 aliphatic carbocycles. The molecule has 0 amide bonds. The first-order chi connectivity index (χ1) is 3.81. The van der Waals surface area contributed by atoms with Crippen LogP contribution in [0.4, 0.5) is 0 Å². The van der Waals surface area contributed by atoms with Crippen molar-refractivity contribution in [3.8, 4) is 0 Å². The van der Waals surface area contributed by atoms with Crippen molar-refractivity contribution in [1.29, 1.82) is 0 Å². The molecule has 0 aromatic heterocycles. The van der Waals surface area contributed by atoms with Gasteiger partial charge in [-0.15, -0.1) is 0 Å². The molecular formula is C6H8OS. The lowest BCUT2D eigenvalue weighted by Gasteiger charge is -1.80. The van der Waals surface area contributed by atoms with Gasteiger partial charge in [0.05, 0.1) is 0 Å². The van der Waals surface area contributed by atoms with Gasteiger partial charge >= 0.3 is 0 Å². The lowest BCUT2D eigenvalue weighted by molar-refractivity contribution is -0.107. The molecule has 8 heavy (non-hydrogen) atoms. The third-order valence-electron chi connectivity index (χ3n) is 0.502. The van der Waals surface area contributed by atoms with Crippen LogP contribution in [-0.4, -0.2) is 5.12 Å². The minimum atomic E-state index is 0.0301. The maximum atomic E-state index is 10.4. The zero-order chi connectivity index (χ0) is 6.41. The summed E-state index contributed by atoms with van der Waals surface area (Å²) in [6.07, 6.45) is 3.21. The fourth-order valence-corrected chi connectivity index (χ4v) is 0.636. The fourth-order valence-electron chi connectivity index (χ4n) is 0.257. The van der Waals surface area contributed by atoms with Crippen LogP contribution in [0.5, 0.6) is 0 Å². The van der Waals surface area contributed by atoms with Gasteiger partial charge in [-0.3, -0.25) is 4.79 Å². The molecule has 0 bridgehead atoms. The summed E-state index contributed by atoms with van der Waals surface area (Å²) in [4.78, 5) is 10.4. The smallest absolute Gasteiger partial charge is 0.215 e. The second-order valence-electron chi connectivity index (χ2n) is 1.10. The summed E-state index contributed by atoms with van der Waals surface area (Å²) in [6, 6.07) is 0. The Balaban J connectivity index is 3.48. The molecule has 2 heteroatoms. The van der Waals surface area contributed by atoms with Crippen molar-refractivity contribution in [1.82, 2.24) is 0 Å². The van der Waals surface area contributed by atoms with Crippen LogP contribution in [0, 0.1) is 0 Å². The summed E-state index contributed by atoms with van der Waals surface area (Å²) in [5, 5.41) is 1.55. The Labute approximate surface area is 53.5 Å². The van der Waals surface area contributed by atoms with E-state index in [-0.39, 0.29) is 5.12 Å². The van der Waals surface area contributed by atoms with E-state index < -0.39 is 0 Å². The third-order valence-corrected chi connectivity index (χ3v) is 1.04. The Bertz CT molecular complexity index is 116. The molecule has 0 heterocycles. The van der Waals surface area contributed by atoms with E-state index in [2.05, 4.69) is 6.58 Å². The number of hydrogen-bond donors (Lipinski definition) is 0. The largest absolute Gasteiger partial charge is 0.282 e. The van der Waals surface area contributed by atoms with Crippen LogP contribution >= 0.6 is 11.8 Å². The molecule has 0 fully saturated rings. The van der Waals surface area contributed by atoms with Crippen LogP contribution < -0.4 is 0 Å². The molecule has 0 aromatic rings. The Morgan fingerprint density at radius 2 is 2.38 bits per heavy atom. The van der Waals surface area contributed by atoms with Crippen LogP contribution in [-0.2, 0) is 4.79 Å². The van der Waals surface area contributed by atoms with Crippen LogP contribution in [0.1, 0.15) is 6.92 Å². The van der Waals surface area contributed by atoms with Crippen LogP contribution in [0.3, 0.4) is 0 Å². The van der Waals surface area contributed by atoms with Crippen molar-refractivity contribution in [3.05, 3.63) is 24.1 Å². The SMILES string of the molecule is C=CSC(=O)/C=C/C. The standard InChI is InChI=1S/C6H8OS/c1-3-5-6(7)8-4-2/h3-5H,2H2,1H3/b5-3+. The predicted octanol–water partition coefficient (Wildman–Crippen LogP) is 1.97. The maximum absolute atomic E-state index is 10.4. The van der Waals surface area contributed by atoms with E-state index in [4.69, 9.17) is 0 Å². The van der Waals surface area contributed by atoms with Gasteiger partial charge in [0.1, 0.15) is 0 Å². The summed E-state index contributed by atoms with van der Waals surface area (Å²) in [5.74, 6) is 0. The van der Waals surface area contributed by atoms with Gasteiger partial charge in [-0.25, -0.2) is 0 Å². The van der Waals surface area contributed by atoms with Crippen LogP contribution in [0.25, 0.3) is 0 Å². The number of carbonyl (C=O) groups excluding carboxylic acids is 1. The predicted molar refractivity (Wildman–Crippen MR) is 37.6 cm³/mol. The van der Waals surface area contributed by atoms with Gasteiger partial charge in [0.25, 0.3) is 0 Å². The molecule has 0 radical (unpaired) electrons. The average molecular weight is 128 g/mol. The highest BCUT2D eigenvalue weighted by molar-refractivity contribution is 8.16.